The Labute approximate surface area is 104 Å². The summed E-state index contributed by atoms with van der Waals surface area (Å²) in [6, 6.07) is 9.95. The Hall–Kier alpha value is -0.910. The summed E-state index contributed by atoms with van der Waals surface area (Å²) in [4.78, 5) is 0. The smallest absolute Gasteiger partial charge is 0.202 e. The fraction of sp³-hybridized carbons (Fsp3) is 0.500. The van der Waals surface area contributed by atoms with E-state index in [0.29, 0.717) is 6.54 Å². The van der Waals surface area contributed by atoms with Gasteiger partial charge in [-0.1, -0.05) is 30.3 Å². The highest BCUT2D eigenvalue weighted by molar-refractivity contribution is 7.87. The van der Waals surface area contributed by atoms with Crippen molar-refractivity contribution in [1.29, 1.82) is 0 Å². The first kappa shape index (κ1) is 14.2. The van der Waals surface area contributed by atoms with Crippen LogP contribution in [0.1, 0.15) is 25.8 Å². The fourth-order valence-electron chi connectivity index (χ4n) is 1.50. The molecule has 96 valence electrons. The zero-order valence-electron chi connectivity index (χ0n) is 10.3. The SMILES string of the molecule is CC(C)NS(=O)(=O)NCCCc1ccccc1. The molecule has 1 rings (SSSR count). The van der Waals surface area contributed by atoms with Crippen LogP contribution in [0.2, 0.25) is 0 Å². The van der Waals surface area contributed by atoms with Crippen molar-refractivity contribution in [3.8, 4) is 0 Å². The molecule has 0 aliphatic heterocycles. The minimum atomic E-state index is -3.34. The summed E-state index contributed by atoms with van der Waals surface area (Å²) in [6.07, 6.45) is 1.67. The lowest BCUT2D eigenvalue weighted by atomic mass is 10.1. The Morgan fingerprint density at radius 2 is 1.82 bits per heavy atom. The maximum absolute atomic E-state index is 11.4. The van der Waals surface area contributed by atoms with Crippen molar-refractivity contribution in [3.05, 3.63) is 35.9 Å². The van der Waals surface area contributed by atoms with Gasteiger partial charge in [-0.05, 0) is 32.3 Å². The molecule has 0 aliphatic rings. The van der Waals surface area contributed by atoms with Crippen LogP contribution in [0.4, 0.5) is 0 Å². The minimum absolute atomic E-state index is 0.0818. The second-order valence-corrected chi connectivity index (χ2v) is 5.79. The quantitative estimate of drug-likeness (QED) is 0.725. The molecule has 0 unspecified atom stereocenters. The Kier molecular flexibility index (Phi) is 5.61. The van der Waals surface area contributed by atoms with Gasteiger partial charge in [0.2, 0.25) is 0 Å². The number of benzene rings is 1. The fourth-order valence-corrected chi connectivity index (χ4v) is 2.61. The van der Waals surface area contributed by atoms with Crippen LogP contribution in [0, 0.1) is 0 Å². The van der Waals surface area contributed by atoms with Crippen LogP contribution >= 0.6 is 0 Å². The van der Waals surface area contributed by atoms with Crippen molar-refractivity contribution in [2.24, 2.45) is 0 Å². The highest BCUT2D eigenvalue weighted by atomic mass is 32.2. The molecule has 0 saturated carbocycles. The van der Waals surface area contributed by atoms with Gasteiger partial charge in [-0.3, -0.25) is 0 Å². The summed E-state index contributed by atoms with van der Waals surface area (Å²) >= 11 is 0. The van der Waals surface area contributed by atoms with E-state index >= 15 is 0 Å². The summed E-state index contributed by atoms with van der Waals surface area (Å²) in [7, 11) is -3.34. The summed E-state index contributed by atoms with van der Waals surface area (Å²) in [5.41, 5.74) is 1.23. The highest BCUT2D eigenvalue weighted by Crippen LogP contribution is 2.01. The maximum Gasteiger partial charge on any atom is 0.277 e. The van der Waals surface area contributed by atoms with Crippen molar-refractivity contribution in [1.82, 2.24) is 9.44 Å². The second-order valence-electron chi connectivity index (χ2n) is 4.26. The number of hydrogen-bond donors (Lipinski definition) is 2. The molecule has 0 fully saturated rings. The van der Waals surface area contributed by atoms with Crippen LogP contribution < -0.4 is 9.44 Å². The lowest BCUT2D eigenvalue weighted by Gasteiger charge is -2.10. The molecule has 0 amide bonds. The second kappa shape index (κ2) is 6.74. The van der Waals surface area contributed by atoms with E-state index in [0.717, 1.165) is 12.8 Å². The van der Waals surface area contributed by atoms with E-state index in [1.54, 1.807) is 13.8 Å². The molecule has 0 radical (unpaired) electrons. The normalized spacial score (nSPS) is 11.9. The molecule has 2 N–H and O–H groups in total. The largest absolute Gasteiger partial charge is 0.277 e. The number of nitrogens with one attached hydrogen (secondary N) is 2. The first-order chi connectivity index (χ1) is 7.99. The van der Waals surface area contributed by atoms with Crippen molar-refractivity contribution in [2.75, 3.05) is 6.54 Å². The van der Waals surface area contributed by atoms with Crippen LogP contribution in [-0.2, 0) is 16.6 Å². The highest BCUT2D eigenvalue weighted by Gasteiger charge is 2.09. The van der Waals surface area contributed by atoms with Gasteiger partial charge in [0, 0.05) is 12.6 Å². The van der Waals surface area contributed by atoms with Crippen molar-refractivity contribution in [3.63, 3.8) is 0 Å². The number of hydrogen-bond acceptors (Lipinski definition) is 2. The number of rotatable bonds is 7. The van der Waals surface area contributed by atoms with E-state index < -0.39 is 10.2 Å². The first-order valence-electron chi connectivity index (χ1n) is 5.80. The third-order valence-electron chi connectivity index (χ3n) is 2.17. The molecular formula is C12H20N2O2S. The zero-order chi connectivity index (χ0) is 12.7. The molecular weight excluding hydrogens is 236 g/mol. The molecule has 5 heteroatoms. The summed E-state index contributed by atoms with van der Waals surface area (Å²) in [5.74, 6) is 0. The van der Waals surface area contributed by atoms with E-state index in [2.05, 4.69) is 9.44 Å². The molecule has 0 heterocycles. The van der Waals surface area contributed by atoms with E-state index in [1.807, 2.05) is 30.3 Å². The molecule has 1 aromatic carbocycles. The van der Waals surface area contributed by atoms with Crippen LogP contribution in [0.5, 0.6) is 0 Å². The van der Waals surface area contributed by atoms with E-state index in [-0.39, 0.29) is 6.04 Å². The molecule has 0 saturated heterocycles. The minimum Gasteiger partial charge on any atom is -0.202 e. The van der Waals surface area contributed by atoms with Gasteiger partial charge in [-0.15, -0.1) is 0 Å². The van der Waals surface area contributed by atoms with Gasteiger partial charge < -0.3 is 0 Å². The van der Waals surface area contributed by atoms with Crippen LogP contribution in [0.3, 0.4) is 0 Å². The van der Waals surface area contributed by atoms with E-state index in [4.69, 9.17) is 0 Å². The maximum atomic E-state index is 11.4. The van der Waals surface area contributed by atoms with Crippen LogP contribution in [-0.4, -0.2) is 21.0 Å². The third kappa shape index (κ3) is 6.41. The Balaban J connectivity index is 2.25. The molecule has 0 spiro atoms. The molecule has 0 bridgehead atoms. The first-order valence-corrected chi connectivity index (χ1v) is 7.29. The molecule has 1 aromatic rings. The van der Waals surface area contributed by atoms with Gasteiger partial charge in [-0.2, -0.15) is 13.1 Å². The van der Waals surface area contributed by atoms with Crippen LogP contribution in [0.15, 0.2) is 30.3 Å². The Morgan fingerprint density at radius 1 is 1.18 bits per heavy atom. The summed E-state index contributed by atoms with van der Waals surface area (Å²) in [6.45, 7) is 4.04. The van der Waals surface area contributed by atoms with Gasteiger partial charge in [0.1, 0.15) is 0 Å². The predicted molar refractivity (Wildman–Crippen MR) is 70.0 cm³/mol. The van der Waals surface area contributed by atoms with Crippen molar-refractivity contribution in [2.45, 2.75) is 32.7 Å². The average Bonchev–Trinajstić information content (AvgIpc) is 2.24. The van der Waals surface area contributed by atoms with E-state index in [9.17, 15) is 8.42 Å². The van der Waals surface area contributed by atoms with E-state index in [1.165, 1.54) is 5.56 Å². The van der Waals surface area contributed by atoms with Crippen molar-refractivity contribution >= 4 is 10.2 Å². The topological polar surface area (TPSA) is 58.2 Å². The average molecular weight is 256 g/mol. The zero-order valence-corrected chi connectivity index (χ0v) is 11.1. The van der Waals surface area contributed by atoms with Gasteiger partial charge in [-0.25, -0.2) is 4.72 Å². The van der Waals surface area contributed by atoms with Crippen LogP contribution in [0.25, 0.3) is 0 Å². The molecule has 4 nitrogen and oxygen atoms in total. The lowest BCUT2D eigenvalue weighted by molar-refractivity contribution is 0.553. The number of aryl methyl sites for hydroxylation is 1. The third-order valence-corrected chi connectivity index (χ3v) is 3.53. The van der Waals surface area contributed by atoms with Gasteiger partial charge >= 0.3 is 0 Å². The predicted octanol–water partition coefficient (Wildman–Crippen LogP) is 1.45. The Bertz CT molecular complexity index is 415. The van der Waals surface area contributed by atoms with Gasteiger partial charge in [0.05, 0.1) is 0 Å². The van der Waals surface area contributed by atoms with Gasteiger partial charge in [0.25, 0.3) is 10.2 Å². The van der Waals surface area contributed by atoms with Gasteiger partial charge in [0.15, 0.2) is 0 Å². The summed E-state index contributed by atoms with van der Waals surface area (Å²) < 4.78 is 27.9. The molecule has 0 atom stereocenters. The lowest BCUT2D eigenvalue weighted by Crippen LogP contribution is -2.40. The molecule has 17 heavy (non-hydrogen) atoms. The van der Waals surface area contributed by atoms with Crippen molar-refractivity contribution < 1.29 is 8.42 Å². The molecule has 0 aliphatic carbocycles. The Morgan fingerprint density at radius 3 is 2.41 bits per heavy atom. The monoisotopic (exact) mass is 256 g/mol. The molecule has 0 aromatic heterocycles. The summed E-state index contributed by atoms with van der Waals surface area (Å²) in [5, 5.41) is 0. The standard InChI is InChI=1S/C12H20N2O2S/c1-11(2)14-17(15,16)13-10-6-9-12-7-4-3-5-8-12/h3-5,7-8,11,13-14H,6,9-10H2,1-2H3.